The van der Waals surface area contributed by atoms with E-state index in [-0.39, 0.29) is 12.5 Å². The maximum Gasteiger partial charge on any atom is 0.317 e. The maximum absolute atomic E-state index is 12.9. The van der Waals surface area contributed by atoms with Crippen molar-refractivity contribution in [2.24, 2.45) is 5.92 Å². The second kappa shape index (κ2) is 8.07. The lowest BCUT2D eigenvalue weighted by atomic mass is 9.99. The maximum atomic E-state index is 12.9. The third-order valence-electron chi connectivity index (χ3n) is 5.75. The van der Waals surface area contributed by atoms with Crippen LogP contribution in [0, 0.1) is 5.92 Å². The van der Waals surface area contributed by atoms with E-state index >= 15 is 0 Å². The van der Waals surface area contributed by atoms with Crippen molar-refractivity contribution in [1.29, 1.82) is 0 Å². The summed E-state index contributed by atoms with van der Waals surface area (Å²) in [6, 6.07) is 16.8. The minimum absolute atomic E-state index is 0.102. The van der Waals surface area contributed by atoms with E-state index in [1.807, 2.05) is 48.5 Å². The number of carbonyl (C=O) groups excluding carboxylic acids is 1. The molecule has 29 heavy (non-hydrogen) atoms. The van der Waals surface area contributed by atoms with E-state index in [9.17, 15) is 14.4 Å². The van der Waals surface area contributed by atoms with Gasteiger partial charge in [-0.2, -0.15) is 0 Å². The summed E-state index contributed by atoms with van der Waals surface area (Å²) in [6.45, 7) is 3.81. The van der Waals surface area contributed by atoms with Gasteiger partial charge in [-0.15, -0.1) is 0 Å². The topological polar surface area (TPSA) is 64.3 Å². The first kappa shape index (κ1) is 19.2. The Morgan fingerprint density at radius 2 is 1.41 bits per heavy atom. The van der Waals surface area contributed by atoms with Gasteiger partial charge in [-0.05, 0) is 36.5 Å². The lowest BCUT2D eigenvalue weighted by Crippen LogP contribution is -2.46. The SMILES string of the molecule is CC1CCN(C(=O)Cn2c(=O)c(=O)n(Cc3ccccc3)c3ccccc32)CC1. The number of piperidine rings is 1. The Morgan fingerprint density at radius 1 is 0.862 bits per heavy atom. The molecule has 2 aromatic carbocycles. The number of aromatic nitrogens is 2. The molecular formula is C23H25N3O3. The number of amides is 1. The van der Waals surface area contributed by atoms with Crippen molar-refractivity contribution < 1.29 is 4.79 Å². The number of hydrogen-bond acceptors (Lipinski definition) is 3. The Kier molecular flexibility index (Phi) is 5.34. The quantitative estimate of drug-likeness (QED) is 0.642. The molecule has 3 aromatic rings. The van der Waals surface area contributed by atoms with Crippen LogP contribution in [-0.4, -0.2) is 33.0 Å². The monoisotopic (exact) mass is 391 g/mol. The van der Waals surface area contributed by atoms with Crippen LogP contribution in [0.25, 0.3) is 11.0 Å². The zero-order chi connectivity index (χ0) is 20.4. The fourth-order valence-electron chi connectivity index (χ4n) is 3.94. The van der Waals surface area contributed by atoms with Crippen molar-refractivity contribution >= 4 is 16.9 Å². The molecule has 1 fully saturated rings. The van der Waals surface area contributed by atoms with Crippen molar-refractivity contribution in [2.75, 3.05) is 13.1 Å². The molecule has 1 aliphatic rings. The summed E-state index contributed by atoms with van der Waals surface area (Å²) < 4.78 is 2.83. The molecule has 1 saturated heterocycles. The summed E-state index contributed by atoms with van der Waals surface area (Å²) in [6.07, 6.45) is 1.94. The normalized spacial score (nSPS) is 15.0. The molecule has 0 bridgehead atoms. The van der Waals surface area contributed by atoms with Crippen LogP contribution < -0.4 is 11.1 Å². The van der Waals surface area contributed by atoms with Gasteiger partial charge in [0.25, 0.3) is 0 Å². The minimum atomic E-state index is -0.654. The van der Waals surface area contributed by atoms with Crippen LogP contribution >= 0.6 is 0 Å². The van der Waals surface area contributed by atoms with Crippen LogP contribution in [0.4, 0.5) is 0 Å². The van der Waals surface area contributed by atoms with Gasteiger partial charge in [0.1, 0.15) is 6.54 Å². The van der Waals surface area contributed by atoms with Gasteiger partial charge in [0, 0.05) is 13.1 Å². The summed E-state index contributed by atoms with van der Waals surface area (Å²) >= 11 is 0. The molecule has 4 rings (SSSR count). The average Bonchev–Trinajstić information content (AvgIpc) is 2.75. The van der Waals surface area contributed by atoms with Crippen molar-refractivity contribution in [3.05, 3.63) is 80.9 Å². The molecule has 0 atom stereocenters. The van der Waals surface area contributed by atoms with Crippen LogP contribution in [0.15, 0.2) is 64.2 Å². The van der Waals surface area contributed by atoms with Gasteiger partial charge in [0.05, 0.1) is 17.6 Å². The smallest absolute Gasteiger partial charge is 0.317 e. The van der Waals surface area contributed by atoms with E-state index in [1.54, 1.807) is 11.0 Å². The molecule has 0 aliphatic carbocycles. The van der Waals surface area contributed by atoms with Gasteiger partial charge in [0.15, 0.2) is 0 Å². The lowest BCUT2D eigenvalue weighted by molar-refractivity contribution is -0.133. The van der Waals surface area contributed by atoms with E-state index in [2.05, 4.69) is 6.92 Å². The van der Waals surface area contributed by atoms with Crippen molar-refractivity contribution in [3.63, 3.8) is 0 Å². The van der Waals surface area contributed by atoms with E-state index in [0.29, 0.717) is 36.6 Å². The van der Waals surface area contributed by atoms with Gasteiger partial charge in [-0.3, -0.25) is 23.5 Å². The second-order valence-electron chi connectivity index (χ2n) is 7.82. The molecule has 0 radical (unpaired) electrons. The van der Waals surface area contributed by atoms with Gasteiger partial charge in [0.2, 0.25) is 5.91 Å². The van der Waals surface area contributed by atoms with Gasteiger partial charge in [-0.1, -0.05) is 49.4 Å². The third kappa shape index (κ3) is 3.88. The van der Waals surface area contributed by atoms with Crippen LogP contribution in [0.2, 0.25) is 0 Å². The zero-order valence-corrected chi connectivity index (χ0v) is 16.6. The Hall–Kier alpha value is -3.15. The Balaban J connectivity index is 1.73. The number of fused-ring (bicyclic) bond motifs is 1. The van der Waals surface area contributed by atoms with Gasteiger partial charge >= 0.3 is 11.1 Å². The summed E-state index contributed by atoms with van der Waals surface area (Å²) in [7, 11) is 0. The molecule has 150 valence electrons. The standard InChI is InChI=1S/C23H25N3O3/c1-17-11-13-24(14-12-17)21(27)16-26-20-10-6-5-9-19(20)25(22(28)23(26)29)15-18-7-3-2-4-8-18/h2-10,17H,11-16H2,1H3. The second-order valence-corrected chi connectivity index (χ2v) is 7.82. The molecule has 1 aromatic heterocycles. The van der Waals surface area contributed by atoms with Crippen LogP contribution in [0.3, 0.4) is 0 Å². The highest BCUT2D eigenvalue weighted by Crippen LogP contribution is 2.17. The van der Waals surface area contributed by atoms with Gasteiger partial charge < -0.3 is 4.90 Å². The van der Waals surface area contributed by atoms with E-state index < -0.39 is 11.1 Å². The van der Waals surface area contributed by atoms with E-state index in [4.69, 9.17) is 0 Å². The summed E-state index contributed by atoms with van der Waals surface area (Å²) in [5.41, 5.74) is 0.939. The first-order chi connectivity index (χ1) is 14.0. The number of nitrogens with zero attached hydrogens (tertiary/aromatic N) is 3. The molecule has 1 amide bonds. The fraction of sp³-hybridized carbons (Fsp3) is 0.348. The van der Waals surface area contributed by atoms with Crippen LogP contribution in [0.1, 0.15) is 25.3 Å². The third-order valence-corrected chi connectivity index (χ3v) is 5.75. The van der Waals surface area contributed by atoms with Crippen LogP contribution in [0.5, 0.6) is 0 Å². The number of rotatable bonds is 4. The number of likely N-dealkylation sites (tertiary alicyclic amines) is 1. The predicted octanol–water partition coefficient (Wildman–Crippen LogP) is 2.47. The highest BCUT2D eigenvalue weighted by Gasteiger charge is 2.22. The number of benzene rings is 2. The number of carbonyl (C=O) groups is 1. The van der Waals surface area contributed by atoms with E-state index in [1.165, 1.54) is 9.13 Å². The molecule has 0 N–H and O–H groups in total. The number of para-hydroxylation sites is 2. The Labute approximate surface area is 169 Å². The van der Waals surface area contributed by atoms with Crippen molar-refractivity contribution in [2.45, 2.75) is 32.9 Å². The first-order valence-electron chi connectivity index (χ1n) is 10.1. The summed E-state index contributed by atoms with van der Waals surface area (Å²) in [4.78, 5) is 40.5. The van der Waals surface area contributed by atoms with E-state index in [0.717, 1.165) is 18.4 Å². The Bertz CT molecular complexity index is 1140. The highest BCUT2D eigenvalue weighted by atomic mass is 16.2. The zero-order valence-electron chi connectivity index (χ0n) is 16.6. The summed E-state index contributed by atoms with van der Waals surface area (Å²) in [5.74, 6) is 0.508. The predicted molar refractivity (Wildman–Crippen MR) is 113 cm³/mol. The first-order valence-corrected chi connectivity index (χ1v) is 10.1. The van der Waals surface area contributed by atoms with Crippen molar-refractivity contribution in [1.82, 2.24) is 14.0 Å². The molecule has 6 heteroatoms. The molecule has 1 aliphatic heterocycles. The fourth-order valence-corrected chi connectivity index (χ4v) is 3.94. The molecule has 0 saturated carbocycles. The lowest BCUT2D eigenvalue weighted by Gasteiger charge is -2.30. The van der Waals surface area contributed by atoms with Gasteiger partial charge in [-0.25, -0.2) is 0 Å². The molecule has 0 unspecified atom stereocenters. The molecule has 6 nitrogen and oxygen atoms in total. The number of hydrogen-bond donors (Lipinski definition) is 0. The molecule has 0 spiro atoms. The average molecular weight is 391 g/mol. The minimum Gasteiger partial charge on any atom is -0.341 e. The van der Waals surface area contributed by atoms with Crippen LogP contribution in [-0.2, 0) is 17.9 Å². The Morgan fingerprint density at radius 3 is 2.07 bits per heavy atom. The molecule has 2 heterocycles. The largest absolute Gasteiger partial charge is 0.341 e. The molecular weight excluding hydrogens is 366 g/mol. The highest BCUT2D eigenvalue weighted by molar-refractivity contribution is 5.80. The van der Waals surface area contributed by atoms with Crippen molar-refractivity contribution in [3.8, 4) is 0 Å². The summed E-state index contributed by atoms with van der Waals surface area (Å²) in [5, 5.41) is 0.